The molecule has 0 nitrogen and oxygen atoms in total. The zero-order valence-electron chi connectivity index (χ0n) is 11.8. The van der Waals surface area contributed by atoms with Crippen molar-refractivity contribution >= 4 is 0 Å². The van der Waals surface area contributed by atoms with Crippen molar-refractivity contribution in [3.05, 3.63) is 36.5 Å². The second-order valence-electron chi connectivity index (χ2n) is 4.52. The lowest BCUT2D eigenvalue weighted by Crippen LogP contribution is -1.75. The van der Waals surface area contributed by atoms with Gasteiger partial charge in [0, 0.05) is 0 Å². The third-order valence-electron chi connectivity index (χ3n) is 2.76. The van der Waals surface area contributed by atoms with Crippen LogP contribution in [0.1, 0.15) is 71.6 Å². The predicted octanol–water partition coefficient (Wildman–Crippen LogP) is 6.21. The Bertz CT molecular complexity index is 208. The van der Waals surface area contributed by atoms with Crippen LogP contribution in [0, 0.1) is 0 Å². The predicted molar refractivity (Wildman–Crippen MR) is 80.3 cm³/mol. The Balaban J connectivity index is 3.23. The highest BCUT2D eigenvalue weighted by Gasteiger charge is 1.85. The van der Waals surface area contributed by atoms with E-state index in [1.807, 2.05) is 0 Å². The molecule has 0 fully saturated rings. The number of allylic oxidation sites excluding steroid dienone is 6. The molecule has 0 N–H and O–H groups in total. The molecule has 0 spiro atoms. The van der Waals surface area contributed by atoms with Gasteiger partial charge in [0.1, 0.15) is 0 Å². The highest BCUT2D eigenvalue weighted by atomic mass is 13.9. The molecule has 0 saturated carbocycles. The standard InChI is InChI=1S/C17H30/c1-3-5-7-9-11-13-15-17-16-14-12-10-8-6-4-2/h5,7,13,15-17H,3-4,6,8-12,14H2,1-2H3/b7-5+,15-13+,17-16-. The Morgan fingerprint density at radius 2 is 1.24 bits per heavy atom. The summed E-state index contributed by atoms with van der Waals surface area (Å²) in [5.41, 5.74) is 0. The van der Waals surface area contributed by atoms with Gasteiger partial charge < -0.3 is 0 Å². The van der Waals surface area contributed by atoms with Gasteiger partial charge in [0.2, 0.25) is 0 Å². The molecule has 0 radical (unpaired) electrons. The van der Waals surface area contributed by atoms with Crippen molar-refractivity contribution in [1.29, 1.82) is 0 Å². The van der Waals surface area contributed by atoms with Gasteiger partial charge in [-0.15, -0.1) is 0 Å². The molecule has 0 aromatic carbocycles. The van der Waals surface area contributed by atoms with Crippen LogP contribution in [-0.4, -0.2) is 0 Å². The lowest BCUT2D eigenvalue weighted by Gasteiger charge is -1.95. The average molecular weight is 234 g/mol. The minimum absolute atomic E-state index is 1.15. The van der Waals surface area contributed by atoms with Gasteiger partial charge in [-0.05, 0) is 32.1 Å². The second-order valence-corrected chi connectivity index (χ2v) is 4.52. The lowest BCUT2D eigenvalue weighted by atomic mass is 10.1. The monoisotopic (exact) mass is 234 g/mol. The summed E-state index contributed by atoms with van der Waals surface area (Å²) >= 11 is 0. The molecule has 0 heteroatoms. The van der Waals surface area contributed by atoms with E-state index >= 15 is 0 Å². The minimum atomic E-state index is 1.15. The Morgan fingerprint density at radius 3 is 1.94 bits per heavy atom. The Hall–Kier alpha value is -0.780. The Labute approximate surface area is 109 Å². The molecule has 0 rings (SSSR count). The van der Waals surface area contributed by atoms with E-state index in [0.717, 1.165) is 12.8 Å². The third-order valence-corrected chi connectivity index (χ3v) is 2.76. The molecule has 0 amide bonds. The fourth-order valence-electron chi connectivity index (χ4n) is 1.69. The highest BCUT2D eigenvalue weighted by molar-refractivity contribution is 5.02. The molecule has 0 aliphatic heterocycles. The summed E-state index contributed by atoms with van der Waals surface area (Å²) in [6, 6.07) is 0. The third kappa shape index (κ3) is 15.2. The first-order chi connectivity index (χ1) is 8.41. The van der Waals surface area contributed by atoms with Gasteiger partial charge in [0.25, 0.3) is 0 Å². The normalized spacial score (nSPS) is 12.4. The van der Waals surface area contributed by atoms with Gasteiger partial charge >= 0.3 is 0 Å². The fraction of sp³-hybridized carbons (Fsp3) is 0.647. The van der Waals surface area contributed by atoms with E-state index in [4.69, 9.17) is 0 Å². The SMILES string of the molecule is CC/C=C/CC/C=C/C=C\CCCCCCC. The van der Waals surface area contributed by atoms with Crippen molar-refractivity contribution < 1.29 is 0 Å². The van der Waals surface area contributed by atoms with E-state index in [1.165, 1.54) is 44.9 Å². The molecule has 0 aliphatic carbocycles. The van der Waals surface area contributed by atoms with Gasteiger partial charge in [0.05, 0.1) is 0 Å². The summed E-state index contributed by atoms with van der Waals surface area (Å²) in [5, 5.41) is 0. The largest absolute Gasteiger partial charge is 0.0888 e. The van der Waals surface area contributed by atoms with Crippen LogP contribution < -0.4 is 0 Å². The van der Waals surface area contributed by atoms with Crippen LogP contribution in [0.15, 0.2) is 36.5 Å². The Morgan fingerprint density at radius 1 is 0.588 bits per heavy atom. The number of hydrogen-bond acceptors (Lipinski definition) is 0. The average Bonchev–Trinajstić information content (AvgIpc) is 2.35. The first-order valence-corrected chi connectivity index (χ1v) is 7.38. The molecule has 0 aromatic heterocycles. The molecule has 0 bridgehead atoms. The zero-order valence-corrected chi connectivity index (χ0v) is 11.8. The molecule has 98 valence electrons. The van der Waals surface area contributed by atoms with Crippen LogP contribution in [0.2, 0.25) is 0 Å². The highest BCUT2D eigenvalue weighted by Crippen LogP contribution is 2.05. The van der Waals surface area contributed by atoms with Crippen molar-refractivity contribution in [2.24, 2.45) is 0 Å². The molecular formula is C17H30. The summed E-state index contributed by atoms with van der Waals surface area (Å²) in [6.07, 6.45) is 25.1. The molecule has 0 aliphatic rings. The molecule has 17 heavy (non-hydrogen) atoms. The van der Waals surface area contributed by atoms with Crippen LogP contribution >= 0.6 is 0 Å². The van der Waals surface area contributed by atoms with Crippen LogP contribution in [0.5, 0.6) is 0 Å². The van der Waals surface area contributed by atoms with Crippen molar-refractivity contribution in [3.63, 3.8) is 0 Å². The van der Waals surface area contributed by atoms with E-state index in [-0.39, 0.29) is 0 Å². The van der Waals surface area contributed by atoms with Gasteiger partial charge in [-0.25, -0.2) is 0 Å². The van der Waals surface area contributed by atoms with E-state index in [0.29, 0.717) is 0 Å². The van der Waals surface area contributed by atoms with Crippen molar-refractivity contribution in [3.8, 4) is 0 Å². The van der Waals surface area contributed by atoms with Crippen molar-refractivity contribution in [1.82, 2.24) is 0 Å². The molecule has 0 unspecified atom stereocenters. The van der Waals surface area contributed by atoms with Crippen LogP contribution in [-0.2, 0) is 0 Å². The van der Waals surface area contributed by atoms with E-state index < -0.39 is 0 Å². The Kier molecular flexibility index (Phi) is 14.5. The zero-order chi connectivity index (χ0) is 12.6. The molecule has 0 heterocycles. The summed E-state index contributed by atoms with van der Waals surface area (Å²) in [6.45, 7) is 4.44. The quantitative estimate of drug-likeness (QED) is 0.227. The number of unbranched alkanes of at least 4 members (excludes halogenated alkanes) is 6. The first-order valence-electron chi connectivity index (χ1n) is 7.38. The summed E-state index contributed by atoms with van der Waals surface area (Å²) < 4.78 is 0. The van der Waals surface area contributed by atoms with E-state index in [9.17, 15) is 0 Å². The van der Waals surface area contributed by atoms with Gasteiger partial charge in [-0.2, -0.15) is 0 Å². The topological polar surface area (TPSA) is 0 Å². The van der Waals surface area contributed by atoms with Crippen LogP contribution in [0.25, 0.3) is 0 Å². The van der Waals surface area contributed by atoms with Gasteiger partial charge in [-0.3, -0.25) is 0 Å². The molecular weight excluding hydrogens is 204 g/mol. The molecule has 0 aromatic rings. The molecule has 0 atom stereocenters. The van der Waals surface area contributed by atoms with E-state index in [1.54, 1.807) is 0 Å². The lowest BCUT2D eigenvalue weighted by molar-refractivity contribution is 0.637. The fourth-order valence-corrected chi connectivity index (χ4v) is 1.69. The van der Waals surface area contributed by atoms with Crippen LogP contribution in [0.3, 0.4) is 0 Å². The smallest absolute Gasteiger partial charge is 0.0313 e. The maximum atomic E-state index is 2.30. The first kappa shape index (κ1) is 16.2. The van der Waals surface area contributed by atoms with Crippen molar-refractivity contribution in [2.45, 2.75) is 71.6 Å². The van der Waals surface area contributed by atoms with Gasteiger partial charge in [-0.1, -0.05) is 76.0 Å². The van der Waals surface area contributed by atoms with Gasteiger partial charge in [0.15, 0.2) is 0 Å². The number of hydrogen-bond donors (Lipinski definition) is 0. The maximum Gasteiger partial charge on any atom is -0.0313 e. The summed E-state index contributed by atoms with van der Waals surface area (Å²) in [7, 11) is 0. The molecule has 0 saturated heterocycles. The van der Waals surface area contributed by atoms with E-state index in [2.05, 4.69) is 50.3 Å². The summed E-state index contributed by atoms with van der Waals surface area (Å²) in [5.74, 6) is 0. The van der Waals surface area contributed by atoms with Crippen LogP contribution in [0.4, 0.5) is 0 Å². The second kappa shape index (κ2) is 15.2. The summed E-state index contributed by atoms with van der Waals surface area (Å²) in [4.78, 5) is 0. The number of rotatable bonds is 11. The minimum Gasteiger partial charge on any atom is -0.0888 e. The maximum absolute atomic E-state index is 2.30. The van der Waals surface area contributed by atoms with Crippen molar-refractivity contribution in [2.75, 3.05) is 0 Å².